The molecule has 0 saturated carbocycles. The van der Waals surface area contributed by atoms with E-state index in [9.17, 15) is 4.79 Å². The molecule has 3 heterocycles. The molecule has 28 heavy (non-hydrogen) atoms. The van der Waals surface area contributed by atoms with E-state index in [1.807, 2.05) is 17.0 Å². The van der Waals surface area contributed by atoms with Crippen LogP contribution >= 0.6 is 0 Å². The second kappa shape index (κ2) is 8.27. The molecule has 0 aromatic heterocycles. The minimum Gasteiger partial charge on any atom is -0.493 e. The van der Waals surface area contributed by atoms with Crippen LogP contribution in [-0.4, -0.2) is 75.1 Å². The molecule has 2 fully saturated rings. The number of ether oxygens (including phenoxy) is 4. The molecular formula is C21H30N2O5. The number of carbonyl (C=O) groups excluding carboxylic acids is 1. The maximum absolute atomic E-state index is 12.8. The minimum absolute atomic E-state index is 0.217. The van der Waals surface area contributed by atoms with Crippen molar-refractivity contribution in [2.24, 2.45) is 0 Å². The molecule has 7 heteroatoms. The molecular weight excluding hydrogens is 360 g/mol. The van der Waals surface area contributed by atoms with E-state index < -0.39 is 0 Å². The van der Waals surface area contributed by atoms with Crippen molar-refractivity contribution in [1.82, 2.24) is 9.80 Å². The summed E-state index contributed by atoms with van der Waals surface area (Å²) in [5.74, 6) is 1.33. The first-order chi connectivity index (χ1) is 13.6. The fourth-order valence-electron chi connectivity index (χ4n) is 4.41. The van der Waals surface area contributed by atoms with Crippen LogP contribution in [-0.2, 0) is 27.2 Å². The van der Waals surface area contributed by atoms with Crippen LogP contribution in [0.5, 0.6) is 11.5 Å². The van der Waals surface area contributed by atoms with Crippen molar-refractivity contribution >= 4 is 5.91 Å². The molecule has 0 unspecified atom stereocenters. The van der Waals surface area contributed by atoms with Crippen LogP contribution in [0.25, 0.3) is 0 Å². The second-order valence-corrected chi connectivity index (χ2v) is 7.74. The average molecular weight is 390 g/mol. The summed E-state index contributed by atoms with van der Waals surface area (Å²) in [6, 6.07) is 4.03. The third kappa shape index (κ3) is 3.97. The summed E-state index contributed by atoms with van der Waals surface area (Å²) in [6.07, 6.45) is 3.18. The average Bonchev–Trinajstić information content (AvgIpc) is 3.19. The Labute approximate surface area is 166 Å². The van der Waals surface area contributed by atoms with Crippen molar-refractivity contribution in [2.45, 2.75) is 38.0 Å². The van der Waals surface area contributed by atoms with E-state index in [4.69, 9.17) is 18.9 Å². The molecule has 1 aromatic carbocycles. The van der Waals surface area contributed by atoms with Gasteiger partial charge in [0.1, 0.15) is 0 Å². The second-order valence-electron chi connectivity index (χ2n) is 7.74. The summed E-state index contributed by atoms with van der Waals surface area (Å²) in [4.78, 5) is 17.1. The largest absolute Gasteiger partial charge is 0.493 e. The number of carbonyl (C=O) groups is 1. The zero-order chi connectivity index (χ0) is 19.6. The van der Waals surface area contributed by atoms with E-state index >= 15 is 0 Å². The van der Waals surface area contributed by atoms with E-state index in [1.165, 1.54) is 5.56 Å². The van der Waals surface area contributed by atoms with Gasteiger partial charge in [0.05, 0.1) is 27.4 Å². The lowest BCUT2D eigenvalue weighted by atomic mass is 9.98. The molecule has 7 nitrogen and oxygen atoms in total. The van der Waals surface area contributed by atoms with Crippen LogP contribution in [0.15, 0.2) is 12.1 Å². The van der Waals surface area contributed by atoms with Crippen LogP contribution in [0.2, 0.25) is 0 Å². The Kier molecular flexibility index (Phi) is 5.75. The Morgan fingerprint density at radius 2 is 1.68 bits per heavy atom. The Balaban J connectivity index is 1.29. The van der Waals surface area contributed by atoms with Crippen molar-refractivity contribution in [3.8, 4) is 11.5 Å². The number of fused-ring (bicyclic) bond motifs is 1. The van der Waals surface area contributed by atoms with E-state index in [0.29, 0.717) is 31.9 Å². The molecule has 1 aromatic rings. The summed E-state index contributed by atoms with van der Waals surface area (Å²) in [6.45, 7) is 5.44. The summed E-state index contributed by atoms with van der Waals surface area (Å²) >= 11 is 0. The predicted octanol–water partition coefficient (Wildman–Crippen LogP) is 1.82. The van der Waals surface area contributed by atoms with Gasteiger partial charge in [-0.25, -0.2) is 0 Å². The number of rotatable bonds is 5. The zero-order valence-electron chi connectivity index (χ0n) is 16.9. The molecule has 0 N–H and O–H groups in total. The van der Waals surface area contributed by atoms with Gasteiger partial charge in [-0.3, -0.25) is 4.79 Å². The van der Waals surface area contributed by atoms with Gasteiger partial charge in [-0.05, 0) is 29.7 Å². The van der Waals surface area contributed by atoms with Crippen LogP contribution in [0, 0.1) is 0 Å². The standard InChI is InChI=1S/C21H30N2O5/c1-25-18-13-16-3-8-23(15-17(16)14-19(18)26-2)20(24)4-7-22-9-5-21(6-10-22)27-11-12-28-21/h13-14H,3-12,15H2,1-2H3. The Morgan fingerprint density at radius 3 is 2.32 bits per heavy atom. The van der Waals surface area contributed by atoms with Crippen molar-refractivity contribution in [3.63, 3.8) is 0 Å². The van der Waals surface area contributed by atoms with Crippen molar-refractivity contribution < 1.29 is 23.7 Å². The van der Waals surface area contributed by atoms with Crippen molar-refractivity contribution in [2.75, 3.05) is 53.6 Å². The van der Waals surface area contributed by atoms with Crippen LogP contribution in [0.1, 0.15) is 30.4 Å². The van der Waals surface area contributed by atoms with E-state index in [0.717, 1.165) is 56.8 Å². The van der Waals surface area contributed by atoms with E-state index in [2.05, 4.69) is 4.90 Å². The van der Waals surface area contributed by atoms with Gasteiger partial charge in [0, 0.05) is 52.0 Å². The molecule has 154 valence electrons. The monoisotopic (exact) mass is 390 g/mol. The molecule has 3 aliphatic rings. The number of benzene rings is 1. The molecule has 4 rings (SSSR count). The van der Waals surface area contributed by atoms with Crippen molar-refractivity contribution in [1.29, 1.82) is 0 Å². The maximum atomic E-state index is 12.8. The number of nitrogens with zero attached hydrogens (tertiary/aromatic N) is 2. The molecule has 1 amide bonds. The Morgan fingerprint density at radius 1 is 1.04 bits per heavy atom. The lowest BCUT2D eigenvalue weighted by molar-refractivity contribution is -0.185. The van der Waals surface area contributed by atoms with Gasteiger partial charge < -0.3 is 28.7 Å². The SMILES string of the molecule is COc1cc2c(cc1OC)CN(C(=O)CCN1CCC3(CC1)OCCO3)CC2. The summed E-state index contributed by atoms with van der Waals surface area (Å²) < 4.78 is 22.3. The fourth-order valence-corrected chi connectivity index (χ4v) is 4.41. The lowest BCUT2D eigenvalue weighted by Crippen LogP contribution is -2.46. The van der Waals surface area contributed by atoms with Gasteiger partial charge in [-0.2, -0.15) is 0 Å². The normalized spacial score (nSPS) is 21.6. The first kappa shape index (κ1) is 19.5. The molecule has 0 bridgehead atoms. The van der Waals surface area contributed by atoms with Crippen molar-refractivity contribution in [3.05, 3.63) is 23.3 Å². The predicted molar refractivity (Wildman–Crippen MR) is 104 cm³/mol. The highest BCUT2D eigenvalue weighted by molar-refractivity contribution is 5.76. The first-order valence-corrected chi connectivity index (χ1v) is 10.1. The number of hydrogen-bond donors (Lipinski definition) is 0. The number of amides is 1. The molecule has 1 spiro atoms. The lowest BCUT2D eigenvalue weighted by Gasteiger charge is -2.37. The van der Waals surface area contributed by atoms with Crippen LogP contribution < -0.4 is 9.47 Å². The Bertz CT molecular complexity index is 707. The quantitative estimate of drug-likeness (QED) is 0.764. The van der Waals surface area contributed by atoms with Gasteiger partial charge in [-0.1, -0.05) is 0 Å². The van der Waals surface area contributed by atoms with Gasteiger partial charge in [-0.15, -0.1) is 0 Å². The highest BCUT2D eigenvalue weighted by Crippen LogP contribution is 2.34. The zero-order valence-corrected chi connectivity index (χ0v) is 16.9. The number of piperidine rings is 1. The molecule has 3 aliphatic heterocycles. The molecule has 0 aliphatic carbocycles. The number of methoxy groups -OCH3 is 2. The highest BCUT2D eigenvalue weighted by Gasteiger charge is 2.39. The maximum Gasteiger partial charge on any atom is 0.224 e. The number of likely N-dealkylation sites (tertiary alicyclic amines) is 1. The van der Waals surface area contributed by atoms with Crippen LogP contribution in [0.3, 0.4) is 0 Å². The Hall–Kier alpha value is -1.83. The summed E-state index contributed by atoms with van der Waals surface area (Å²) in [5, 5.41) is 0. The van der Waals surface area contributed by atoms with Gasteiger partial charge in [0.2, 0.25) is 5.91 Å². The molecule has 0 atom stereocenters. The summed E-state index contributed by atoms with van der Waals surface area (Å²) in [5.41, 5.74) is 2.38. The third-order valence-electron chi connectivity index (χ3n) is 6.14. The van der Waals surface area contributed by atoms with Crippen LogP contribution in [0.4, 0.5) is 0 Å². The van der Waals surface area contributed by atoms with E-state index in [-0.39, 0.29) is 11.7 Å². The molecule has 2 saturated heterocycles. The first-order valence-electron chi connectivity index (χ1n) is 10.1. The van der Waals surface area contributed by atoms with Gasteiger partial charge in [0.25, 0.3) is 0 Å². The fraction of sp³-hybridized carbons (Fsp3) is 0.667. The van der Waals surface area contributed by atoms with Gasteiger partial charge in [0.15, 0.2) is 17.3 Å². The summed E-state index contributed by atoms with van der Waals surface area (Å²) in [7, 11) is 3.29. The molecule has 0 radical (unpaired) electrons. The number of hydrogen-bond acceptors (Lipinski definition) is 6. The van der Waals surface area contributed by atoms with Gasteiger partial charge >= 0.3 is 0 Å². The highest BCUT2D eigenvalue weighted by atomic mass is 16.7. The smallest absolute Gasteiger partial charge is 0.224 e. The third-order valence-corrected chi connectivity index (χ3v) is 6.14. The van der Waals surface area contributed by atoms with E-state index in [1.54, 1.807) is 14.2 Å². The topological polar surface area (TPSA) is 60.5 Å². The minimum atomic E-state index is -0.350.